The lowest BCUT2D eigenvalue weighted by molar-refractivity contribution is 0.0698. The first kappa shape index (κ1) is 14.9. The Morgan fingerprint density at radius 2 is 1.83 bits per heavy atom. The molecule has 1 heterocycles. The molecule has 0 radical (unpaired) electrons. The highest BCUT2D eigenvalue weighted by Gasteiger charge is 2.26. The third kappa shape index (κ3) is 2.38. The first-order valence-electron chi connectivity index (χ1n) is 7.75. The van der Waals surface area contributed by atoms with Crippen LogP contribution >= 0.6 is 11.6 Å². The van der Waals surface area contributed by atoms with Crippen LogP contribution in [0.4, 0.5) is 0 Å². The highest BCUT2D eigenvalue weighted by atomic mass is 35.5. The van der Waals surface area contributed by atoms with E-state index in [1.807, 2.05) is 54.6 Å². The van der Waals surface area contributed by atoms with Crippen LogP contribution in [-0.2, 0) is 6.42 Å². The van der Waals surface area contributed by atoms with Gasteiger partial charge in [0.2, 0.25) is 0 Å². The Balaban J connectivity index is 1.96. The van der Waals surface area contributed by atoms with E-state index in [-0.39, 0.29) is 0 Å². The Labute approximate surface area is 144 Å². The smallest absolute Gasteiger partial charge is 0.336 e. The van der Waals surface area contributed by atoms with Crippen LogP contribution in [0.1, 0.15) is 33.6 Å². The van der Waals surface area contributed by atoms with Crippen molar-refractivity contribution in [3.8, 4) is 0 Å². The molecule has 1 aliphatic carbocycles. The molecule has 118 valence electrons. The van der Waals surface area contributed by atoms with E-state index in [1.54, 1.807) is 0 Å². The van der Waals surface area contributed by atoms with Gasteiger partial charge in [-0.2, -0.15) is 0 Å². The van der Waals surface area contributed by atoms with Gasteiger partial charge in [-0.3, -0.25) is 0 Å². The number of aromatic carboxylic acids is 1. The fourth-order valence-electron chi connectivity index (χ4n) is 3.30. The fourth-order valence-corrected chi connectivity index (χ4v) is 3.49. The second kappa shape index (κ2) is 5.77. The Bertz CT molecular complexity index is 1010. The molecular formula is C20H14ClNO2. The molecule has 0 amide bonds. The second-order valence-corrected chi connectivity index (χ2v) is 6.23. The van der Waals surface area contributed by atoms with E-state index < -0.39 is 5.97 Å². The molecule has 0 saturated carbocycles. The molecule has 1 aromatic heterocycles. The number of carboxylic acid groups (broad SMARTS) is 1. The molecule has 1 aliphatic rings. The van der Waals surface area contributed by atoms with Gasteiger partial charge in [0.25, 0.3) is 0 Å². The molecule has 24 heavy (non-hydrogen) atoms. The molecule has 0 fully saturated rings. The maximum absolute atomic E-state index is 11.8. The standard InChI is InChI=1S/C20H14ClNO2/c21-16-7-3-1-5-12(16)11-13-9-10-15-18(20(23)24)14-6-2-4-8-17(14)22-19(13)15/h1-8,11H,9-10H2,(H,23,24). The molecule has 4 rings (SSSR count). The normalized spacial score (nSPS) is 15.0. The van der Waals surface area contributed by atoms with E-state index >= 15 is 0 Å². The maximum Gasteiger partial charge on any atom is 0.336 e. The van der Waals surface area contributed by atoms with Gasteiger partial charge < -0.3 is 5.11 Å². The molecule has 2 aromatic carbocycles. The lowest BCUT2D eigenvalue weighted by Gasteiger charge is -2.09. The lowest BCUT2D eigenvalue weighted by Crippen LogP contribution is -2.05. The average molecular weight is 336 g/mol. The van der Waals surface area contributed by atoms with Gasteiger partial charge in [-0.05, 0) is 47.8 Å². The minimum absolute atomic E-state index is 0.373. The topological polar surface area (TPSA) is 50.2 Å². The summed E-state index contributed by atoms with van der Waals surface area (Å²) < 4.78 is 0. The predicted octanol–water partition coefficient (Wildman–Crippen LogP) is 5.07. The average Bonchev–Trinajstić information content (AvgIpc) is 2.97. The van der Waals surface area contributed by atoms with Crippen LogP contribution in [0.5, 0.6) is 0 Å². The summed E-state index contributed by atoms with van der Waals surface area (Å²) in [5.74, 6) is -0.899. The summed E-state index contributed by atoms with van der Waals surface area (Å²) in [7, 11) is 0. The lowest BCUT2D eigenvalue weighted by atomic mass is 10.0. The number of halogens is 1. The number of carboxylic acids is 1. The van der Waals surface area contributed by atoms with E-state index in [0.29, 0.717) is 27.9 Å². The van der Waals surface area contributed by atoms with E-state index in [0.717, 1.165) is 28.8 Å². The minimum atomic E-state index is -0.899. The Morgan fingerprint density at radius 3 is 2.62 bits per heavy atom. The van der Waals surface area contributed by atoms with Crippen molar-refractivity contribution in [2.45, 2.75) is 12.8 Å². The summed E-state index contributed by atoms with van der Waals surface area (Å²) in [6.45, 7) is 0. The monoisotopic (exact) mass is 335 g/mol. The zero-order valence-corrected chi connectivity index (χ0v) is 13.5. The van der Waals surface area contributed by atoms with Crippen LogP contribution in [0.25, 0.3) is 22.6 Å². The van der Waals surface area contributed by atoms with Crippen molar-refractivity contribution >= 4 is 40.1 Å². The van der Waals surface area contributed by atoms with Crippen molar-refractivity contribution in [3.63, 3.8) is 0 Å². The molecular weight excluding hydrogens is 322 g/mol. The summed E-state index contributed by atoms with van der Waals surface area (Å²) in [5, 5.41) is 11.1. The largest absolute Gasteiger partial charge is 0.478 e. The zero-order chi connectivity index (χ0) is 16.7. The van der Waals surface area contributed by atoms with Gasteiger partial charge in [-0.15, -0.1) is 0 Å². The van der Waals surface area contributed by atoms with Gasteiger partial charge in [-0.1, -0.05) is 48.0 Å². The number of carbonyl (C=O) groups is 1. The number of hydrogen-bond donors (Lipinski definition) is 1. The molecule has 0 atom stereocenters. The van der Waals surface area contributed by atoms with Gasteiger partial charge in [0.1, 0.15) is 0 Å². The van der Waals surface area contributed by atoms with Gasteiger partial charge in [-0.25, -0.2) is 9.78 Å². The van der Waals surface area contributed by atoms with Crippen LogP contribution in [0.15, 0.2) is 48.5 Å². The van der Waals surface area contributed by atoms with Crippen LogP contribution in [-0.4, -0.2) is 16.1 Å². The summed E-state index contributed by atoms with van der Waals surface area (Å²) in [6.07, 6.45) is 3.47. The summed E-state index contributed by atoms with van der Waals surface area (Å²) >= 11 is 6.25. The first-order chi connectivity index (χ1) is 11.6. The second-order valence-electron chi connectivity index (χ2n) is 5.83. The van der Waals surface area contributed by atoms with Crippen molar-refractivity contribution in [1.29, 1.82) is 0 Å². The van der Waals surface area contributed by atoms with Gasteiger partial charge in [0.05, 0.1) is 16.8 Å². The van der Waals surface area contributed by atoms with E-state index in [9.17, 15) is 9.90 Å². The number of para-hydroxylation sites is 1. The number of rotatable bonds is 2. The number of nitrogens with zero attached hydrogens (tertiary/aromatic N) is 1. The van der Waals surface area contributed by atoms with Crippen LogP contribution in [0, 0.1) is 0 Å². The predicted molar refractivity (Wildman–Crippen MR) is 96.3 cm³/mol. The highest BCUT2D eigenvalue weighted by Crippen LogP contribution is 2.38. The third-order valence-corrected chi connectivity index (χ3v) is 4.73. The Kier molecular flexibility index (Phi) is 3.58. The molecule has 4 heteroatoms. The fraction of sp³-hybridized carbons (Fsp3) is 0.100. The van der Waals surface area contributed by atoms with Crippen LogP contribution in [0.2, 0.25) is 5.02 Å². The van der Waals surface area contributed by atoms with Gasteiger partial charge >= 0.3 is 5.97 Å². The molecule has 1 N–H and O–H groups in total. The van der Waals surface area contributed by atoms with Crippen LogP contribution < -0.4 is 0 Å². The quantitative estimate of drug-likeness (QED) is 0.711. The minimum Gasteiger partial charge on any atom is -0.478 e. The van der Waals surface area contributed by atoms with E-state index in [4.69, 9.17) is 16.6 Å². The molecule has 3 nitrogen and oxygen atoms in total. The zero-order valence-electron chi connectivity index (χ0n) is 12.8. The van der Waals surface area contributed by atoms with Crippen molar-refractivity contribution < 1.29 is 9.90 Å². The molecule has 0 spiro atoms. The van der Waals surface area contributed by atoms with Crippen LogP contribution in [0.3, 0.4) is 0 Å². The Hall–Kier alpha value is -2.65. The number of pyridine rings is 1. The highest BCUT2D eigenvalue weighted by molar-refractivity contribution is 6.32. The SMILES string of the molecule is O=C(O)c1c2c(nc3ccccc13)C(=Cc1ccccc1Cl)CC2. The molecule has 3 aromatic rings. The van der Waals surface area contributed by atoms with E-state index in [2.05, 4.69) is 0 Å². The van der Waals surface area contributed by atoms with Crippen molar-refractivity contribution in [2.75, 3.05) is 0 Å². The number of allylic oxidation sites excluding steroid dienone is 1. The summed E-state index contributed by atoms with van der Waals surface area (Å²) in [5.41, 5.74) is 4.64. The molecule has 0 unspecified atom stereocenters. The van der Waals surface area contributed by atoms with Gasteiger partial charge in [0.15, 0.2) is 0 Å². The molecule has 0 saturated heterocycles. The number of aromatic nitrogens is 1. The van der Waals surface area contributed by atoms with Gasteiger partial charge in [0, 0.05) is 10.4 Å². The number of hydrogen-bond acceptors (Lipinski definition) is 2. The van der Waals surface area contributed by atoms with Crippen molar-refractivity contribution in [3.05, 3.63) is 75.9 Å². The molecule has 0 bridgehead atoms. The summed E-state index contributed by atoms with van der Waals surface area (Å²) in [4.78, 5) is 16.6. The van der Waals surface area contributed by atoms with Crippen molar-refractivity contribution in [2.24, 2.45) is 0 Å². The molecule has 0 aliphatic heterocycles. The van der Waals surface area contributed by atoms with E-state index in [1.165, 1.54) is 0 Å². The maximum atomic E-state index is 11.8. The summed E-state index contributed by atoms with van der Waals surface area (Å²) in [6, 6.07) is 15.0. The number of fused-ring (bicyclic) bond motifs is 2. The van der Waals surface area contributed by atoms with Crippen molar-refractivity contribution in [1.82, 2.24) is 4.98 Å². The first-order valence-corrected chi connectivity index (χ1v) is 8.13. The third-order valence-electron chi connectivity index (χ3n) is 4.39. The number of benzene rings is 2. The Morgan fingerprint density at radius 1 is 1.08 bits per heavy atom.